The third kappa shape index (κ3) is 4.70. The molecule has 130 valence electrons. The van der Waals surface area contributed by atoms with Crippen molar-refractivity contribution < 1.29 is 14.8 Å². The summed E-state index contributed by atoms with van der Waals surface area (Å²) in [5, 5.41) is 21.7. The lowest BCUT2D eigenvalue weighted by Gasteiger charge is -2.21. The molecule has 0 aliphatic rings. The monoisotopic (exact) mass is 361 g/mol. The molecule has 0 saturated carbocycles. The van der Waals surface area contributed by atoms with Crippen LogP contribution >= 0.6 is 12.2 Å². The van der Waals surface area contributed by atoms with Gasteiger partial charge in [-0.05, 0) is 43.4 Å². The standard InChI is InChI=1S/C15H13N4O5S/c1-9(20)12(8-18-7-6-13(21)17-15(18)25)14(22)16-10-2-4-11(5-3-10)19(23)24/h2-8,23H,1H3,(H,16,22)(H,17,21,25)/q-1/b12-8+. The summed E-state index contributed by atoms with van der Waals surface area (Å²) in [6.07, 6.45) is 2.54. The molecule has 0 saturated heterocycles. The van der Waals surface area contributed by atoms with E-state index in [0.29, 0.717) is 5.69 Å². The fraction of sp³-hybridized carbons (Fsp3) is 0.0667. The zero-order valence-corrected chi connectivity index (χ0v) is 13.7. The van der Waals surface area contributed by atoms with Gasteiger partial charge < -0.3 is 15.8 Å². The van der Waals surface area contributed by atoms with Crippen LogP contribution in [0.1, 0.15) is 6.92 Å². The molecule has 9 nitrogen and oxygen atoms in total. The van der Waals surface area contributed by atoms with E-state index in [9.17, 15) is 19.6 Å². The number of nitrogens with zero attached hydrogens (tertiary/aromatic N) is 2. The molecule has 1 heterocycles. The molecule has 0 fully saturated rings. The van der Waals surface area contributed by atoms with Gasteiger partial charge in [-0.3, -0.25) is 29.1 Å². The van der Waals surface area contributed by atoms with Gasteiger partial charge in [-0.25, -0.2) is 0 Å². The van der Waals surface area contributed by atoms with Crippen LogP contribution in [0.2, 0.25) is 0 Å². The number of benzene rings is 1. The van der Waals surface area contributed by atoms with E-state index >= 15 is 0 Å². The summed E-state index contributed by atoms with van der Waals surface area (Å²) in [6, 6.07) is 6.55. The molecule has 2 rings (SSSR count). The van der Waals surface area contributed by atoms with Crippen molar-refractivity contribution in [3.05, 3.63) is 62.4 Å². The highest BCUT2D eigenvalue weighted by Crippen LogP contribution is 2.16. The van der Waals surface area contributed by atoms with Gasteiger partial charge in [0.15, 0.2) is 10.6 Å². The van der Waals surface area contributed by atoms with Crippen molar-refractivity contribution in [2.24, 2.45) is 0 Å². The quantitative estimate of drug-likeness (QED) is 0.243. The molecule has 25 heavy (non-hydrogen) atoms. The highest BCUT2D eigenvalue weighted by Gasteiger charge is 2.15. The SMILES string of the molecule is CC(=O)/C(=C\n1ccc(=O)[nH]c1=S)C(=O)Nc1ccc(N([O-])O)cc1. The fourth-order valence-electron chi connectivity index (χ4n) is 1.85. The zero-order chi connectivity index (χ0) is 18.6. The van der Waals surface area contributed by atoms with Crippen molar-refractivity contribution in [1.82, 2.24) is 9.55 Å². The van der Waals surface area contributed by atoms with E-state index < -0.39 is 17.2 Å². The molecule has 0 unspecified atom stereocenters. The van der Waals surface area contributed by atoms with Crippen LogP contribution in [0.4, 0.5) is 11.4 Å². The van der Waals surface area contributed by atoms with Crippen molar-refractivity contribution in [2.75, 3.05) is 10.5 Å². The van der Waals surface area contributed by atoms with Crippen molar-refractivity contribution >= 4 is 41.5 Å². The number of hydrogen-bond acceptors (Lipinski definition) is 7. The zero-order valence-electron chi connectivity index (χ0n) is 12.9. The van der Waals surface area contributed by atoms with Crippen LogP contribution in [0.25, 0.3) is 6.20 Å². The molecular formula is C15H13N4O5S-. The third-order valence-electron chi connectivity index (χ3n) is 3.09. The maximum absolute atomic E-state index is 12.3. The highest BCUT2D eigenvalue weighted by molar-refractivity contribution is 7.71. The topological polar surface area (TPSA) is 130 Å². The van der Waals surface area contributed by atoms with Crippen molar-refractivity contribution in [1.29, 1.82) is 0 Å². The number of carbonyl (C=O) groups excluding carboxylic acids is 2. The third-order valence-corrected chi connectivity index (χ3v) is 3.40. The Morgan fingerprint density at radius 1 is 1.32 bits per heavy atom. The lowest BCUT2D eigenvalue weighted by Crippen LogP contribution is -2.20. The van der Waals surface area contributed by atoms with Crippen LogP contribution in [0.15, 0.2) is 46.9 Å². The van der Waals surface area contributed by atoms with E-state index in [1.165, 1.54) is 54.2 Å². The first-order valence-electron chi connectivity index (χ1n) is 6.89. The van der Waals surface area contributed by atoms with E-state index in [0.717, 1.165) is 0 Å². The van der Waals surface area contributed by atoms with Crippen molar-refractivity contribution in [3.63, 3.8) is 0 Å². The van der Waals surface area contributed by atoms with E-state index in [1.807, 2.05) is 0 Å². The van der Waals surface area contributed by atoms with Gasteiger partial charge in [-0.15, -0.1) is 0 Å². The average molecular weight is 361 g/mol. The number of carbonyl (C=O) groups is 2. The first kappa shape index (κ1) is 18.3. The van der Waals surface area contributed by atoms with Crippen molar-refractivity contribution in [2.45, 2.75) is 6.92 Å². The van der Waals surface area contributed by atoms with Crippen LogP contribution < -0.4 is 16.1 Å². The van der Waals surface area contributed by atoms with Gasteiger partial charge in [0.1, 0.15) is 0 Å². The van der Waals surface area contributed by atoms with E-state index in [1.54, 1.807) is 0 Å². The largest absolute Gasteiger partial charge is 0.733 e. The van der Waals surface area contributed by atoms with E-state index in [4.69, 9.17) is 17.4 Å². The van der Waals surface area contributed by atoms with Crippen LogP contribution in [-0.4, -0.2) is 26.4 Å². The first-order valence-corrected chi connectivity index (χ1v) is 7.30. The van der Waals surface area contributed by atoms with Gasteiger partial charge in [-0.2, -0.15) is 0 Å². The molecule has 10 heteroatoms. The number of hydrogen-bond donors (Lipinski definition) is 3. The van der Waals surface area contributed by atoms with Crippen LogP contribution in [-0.2, 0) is 9.59 Å². The molecule has 2 aromatic rings. The lowest BCUT2D eigenvalue weighted by atomic mass is 10.2. The van der Waals surface area contributed by atoms with Gasteiger partial charge in [-0.1, -0.05) is 0 Å². The molecule has 0 aliphatic carbocycles. The van der Waals surface area contributed by atoms with Gasteiger partial charge in [0.05, 0.1) is 11.3 Å². The predicted molar refractivity (Wildman–Crippen MR) is 93.5 cm³/mol. The minimum Gasteiger partial charge on any atom is -0.733 e. The summed E-state index contributed by atoms with van der Waals surface area (Å²) < 4.78 is 1.29. The van der Waals surface area contributed by atoms with Gasteiger partial charge in [0, 0.05) is 24.2 Å². The smallest absolute Gasteiger partial charge is 0.260 e. The Kier molecular flexibility index (Phi) is 5.60. The second-order valence-electron chi connectivity index (χ2n) is 4.89. The second-order valence-corrected chi connectivity index (χ2v) is 5.28. The number of aromatic nitrogens is 2. The van der Waals surface area contributed by atoms with Crippen molar-refractivity contribution in [3.8, 4) is 0 Å². The molecule has 0 radical (unpaired) electrons. The number of amides is 1. The summed E-state index contributed by atoms with van der Waals surface area (Å²) >= 11 is 4.96. The summed E-state index contributed by atoms with van der Waals surface area (Å²) in [4.78, 5) is 37.6. The maximum atomic E-state index is 12.3. The predicted octanol–water partition coefficient (Wildman–Crippen LogP) is 1.67. The summed E-state index contributed by atoms with van der Waals surface area (Å²) in [5.41, 5.74) is -0.299. The Bertz CT molecular complexity index is 943. The van der Waals surface area contributed by atoms with Crippen LogP contribution in [0.3, 0.4) is 0 Å². The number of Topliss-reactive ketones (excluding diaryl/α,β-unsaturated/α-hetero) is 1. The molecule has 1 aromatic carbocycles. The number of H-pyrrole nitrogens is 1. The summed E-state index contributed by atoms with van der Waals surface area (Å²) in [7, 11) is 0. The Morgan fingerprint density at radius 2 is 1.96 bits per heavy atom. The Balaban J connectivity index is 2.29. The molecule has 0 aliphatic heterocycles. The summed E-state index contributed by atoms with van der Waals surface area (Å²) in [6.45, 7) is 1.21. The minimum absolute atomic E-state index is 0.0140. The number of ketones is 1. The number of aromatic amines is 1. The maximum Gasteiger partial charge on any atom is 0.260 e. The Morgan fingerprint density at radius 3 is 2.48 bits per heavy atom. The van der Waals surface area contributed by atoms with Gasteiger partial charge >= 0.3 is 0 Å². The molecule has 0 bridgehead atoms. The molecular weight excluding hydrogens is 348 g/mol. The van der Waals surface area contributed by atoms with Gasteiger partial charge in [0.25, 0.3) is 11.5 Å². The fourth-order valence-corrected chi connectivity index (χ4v) is 2.06. The number of nitrogens with one attached hydrogen (secondary N) is 2. The molecule has 0 spiro atoms. The highest BCUT2D eigenvalue weighted by atomic mass is 32.1. The van der Waals surface area contributed by atoms with Crippen LogP contribution in [0, 0.1) is 9.98 Å². The normalized spacial score (nSPS) is 11.1. The van der Waals surface area contributed by atoms with Gasteiger partial charge in [0.2, 0.25) is 0 Å². The number of rotatable bonds is 5. The van der Waals surface area contributed by atoms with E-state index in [2.05, 4.69) is 10.3 Å². The Hall–Kier alpha value is -3.08. The first-order chi connectivity index (χ1) is 11.8. The molecule has 3 N–H and O–H groups in total. The molecule has 1 amide bonds. The average Bonchev–Trinajstić information content (AvgIpc) is 2.54. The summed E-state index contributed by atoms with van der Waals surface area (Å²) in [5.74, 6) is -1.21. The number of anilines is 2. The van der Waals surface area contributed by atoms with Crippen LogP contribution in [0.5, 0.6) is 0 Å². The minimum atomic E-state index is -0.698. The second kappa shape index (κ2) is 7.66. The Labute approximate surface area is 146 Å². The molecule has 0 atom stereocenters. The lowest BCUT2D eigenvalue weighted by molar-refractivity contribution is -0.118. The van der Waals surface area contributed by atoms with E-state index in [-0.39, 0.29) is 21.3 Å². The molecule has 1 aromatic heterocycles.